The summed E-state index contributed by atoms with van der Waals surface area (Å²) in [5.74, 6) is 1.16. The van der Waals surface area contributed by atoms with Gasteiger partial charge in [0.2, 0.25) is 0 Å². The minimum atomic E-state index is 0.502. The Labute approximate surface area is 186 Å². The van der Waals surface area contributed by atoms with E-state index in [-0.39, 0.29) is 0 Å². The molecule has 0 spiro atoms. The third kappa shape index (κ3) is 4.78. The normalized spacial score (nSPS) is 18.3. The van der Waals surface area contributed by atoms with Crippen molar-refractivity contribution in [1.29, 1.82) is 5.26 Å². The molecule has 2 fully saturated rings. The van der Waals surface area contributed by atoms with E-state index in [2.05, 4.69) is 48.8 Å². The Morgan fingerprint density at radius 1 is 1.19 bits per heavy atom. The molecule has 8 heteroatoms. The minimum Gasteiger partial charge on any atom is -0.316 e. The van der Waals surface area contributed by atoms with Gasteiger partial charge in [0.25, 0.3) is 0 Å². The van der Waals surface area contributed by atoms with Gasteiger partial charge in [-0.3, -0.25) is 9.58 Å². The number of pyridine rings is 1. The van der Waals surface area contributed by atoms with Crippen LogP contribution in [0.25, 0.3) is 0 Å². The maximum absolute atomic E-state index is 9.04. The summed E-state index contributed by atoms with van der Waals surface area (Å²) < 4.78 is 2.19. The highest BCUT2D eigenvalue weighted by Crippen LogP contribution is 2.32. The molecular weight excluding hydrogens is 406 g/mol. The van der Waals surface area contributed by atoms with Crippen molar-refractivity contribution >= 4 is 22.3 Å². The molecule has 7 nitrogen and oxygen atoms in total. The van der Waals surface area contributed by atoms with Gasteiger partial charge in [-0.1, -0.05) is 12.8 Å². The van der Waals surface area contributed by atoms with Crippen LogP contribution in [0.2, 0.25) is 0 Å². The third-order valence-electron chi connectivity index (χ3n) is 6.41. The van der Waals surface area contributed by atoms with E-state index in [1.807, 2.05) is 0 Å². The van der Waals surface area contributed by atoms with Gasteiger partial charge in [-0.25, -0.2) is 9.97 Å². The summed E-state index contributed by atoms with van der Waals surface area (Å²) in [7, 11) is 0. The quantitative estimate of drug-likeness (QED) is 0.599. The summed E-state index contributed by atoms with van der Waals surface area (Å²) in [6, 6.07) is 6.20. The summed E-state index contributed by atoms with van der Waals surface area (Å²) in [4.78, 5) is 11.6. The number of anilines is 2. The molecule has 1 saturated heterocycles. The van der Waals surface area contributed by atoms with Gasteiger partial charge in [-0.2, -0.15) is 10.4 Å². The first-order valence-electron chi connectivity index (χ1n) is 11.1. The van der Waals surface area contributed by atoms with Gasteiger partial charge < -0.3 is 5.32 Å². The monoisotopic (exact) mass is 433 g/mol. The number of hydrogen-bond donors (Lipinski definition) is 1. The summed E-state index contributed by atoms with van der Waals surface area (Å²) in [5, 5.41) is 19.9. The van der Waals surface area contributed by atoms with Crippen LogP contribution in [0.1, 0.15) is 67.3 Å². The van der Waals surface area contributed by atoms with E-state index in [0.29, 0.717) is 23.3 Å². The molecule has 0 amide bonds. The number of rotatable bonds is 6. The van der Waals surface area contributed by atoms with Gasteiger partial charge >= 0.3 is 0 Å². The molecule has 0 unspecified atom stereocenters. The van der Waals surface area contributed by atoms with E-state index in [4.69, 9.17) is 10.2 Å². The second-order valence-corrected chi connectivity index (χ2v) is 9.42. The zero-order chi connectivity index (χ0) is 21.0. The molecule has 0 atom stereocenters. The number of nitrogens with one attached hydrogen (secondary N) is 1. The van der Waals surface area contributed by atoms with Crippen molar-refractivity contribution in [1.82, 2.24) is 24.6 Å². The number of hydrogen-bond acceptors (Lipinski definition) is 7. The predicted molar refractivity (Wildman–Crippen MR) is 121 cm³/mol. The highest BCUT2D eigenvalue weighted by atomic mass is 32.1. The maximum Gasteiger partial charge on any atom is 0.188 e. The number of nitriles is 1. The minimum absolute atomic E-state index is 0.502. The van der Waals surface area contributed by atoms with E-state index >= 15 is 0 Å². The molecule has 5 rings (SSSR count). The lowest BCUT2D eigenvalue weighted by atomic mass is 9.94. The largest absolute Gasteiger partial charge is 0.316 e. The van der Waals surface area contributed by atoms with E-state index in [1.54, 1.807) is 29.7 Å². The van der Waals surface area contributed by atoms with Gasteiger partial charge in [0, 0.05) is 35.8 Å². The van der Waals surface area contributed by atoms with Crippen LogP contribution in [-0.4, -0.2) is 37.7 Å². The average Bonchev–Trinajstić information content (AvgIpc) is 3.56. The second-order valence-electron chi connectivity index (χ2n) is 8.56. The fourth-order valence-electron chi connectivity index (χ4n) is 4.68. The fraction of sp³-hybridized carbons (Fsp3) is 0.478. The average molecular weight is 434 g/mol. The fourth-order valence-corrected chi connectivity index (χ4v) is 5.48. The van der Waals surface area contributed by atoms with Crippen LogP contribution in [-0.2, 0) is 6.54 Å². The Morgan fingerprint density at radius 3 is 2.84 bits per heavy atom. The highest BCUT2D eigenvalue weighted by molar-refractivity contribution is 7.13. The molecule has 1 N–H and O–H groups in total. The first-order valence-corrected chi connectivity index (χ1v) is 12.0. The Bertz CT molecular complexity index is 1050. The van der Waals surface area contributed by atoms with Crippen LogP contribution >= 0.6 is 11.3 Å². The zero-order valence-corrected chi connectivity index (χ0v) is 18.4. The van der Waals surface area contributed by atoms with Crippen molar-refractivity contribution in [3.63, 3.8) is 0 Å². The Hall–Kier alpha value is -2.76. The summed E-state index contributed by atoms with van der Waals surface area (Å²) >= 11 is 1.60. The molecule has 4 heterocycles. The van der Waals surface area contributed by atoms with Crippen molar-refractivity contribution in [2.24, 2.45) is 0 Å². The number of thiazole rings is 1. The van der Waals surface area contributed by atoms with Crippen LogP contribution in [0.15, 0.2) is 36.1 Å². The molecule has 3 aromatic rings. The smallest absolute Gasteiger partial charge is 0.188 e. The van der Waals surface area contributed by atoms with Crippen molar-refractivity contribution in [3.05, 3.63) is 52.9 Å². The van der Waals surface area contributed by atoms with Gasteiger partial charge in [-0.15, -0.1) is 11.3 Å². The first kappa shape index (κ1) is 20.2. The molecule has 1 saturated carbocycles. The standard InChI is InChI=1S/C23H27N7S/c24-12-17-5-8-25-22(11-17)28-23-27-21(16-31-23)19-6-9-29(10-7-19)14-18-13-26-30(15-18)20-3-1-2-4-20/h5,8,11,13,15-16,19-20H,1-4,6-7,9-10,14H2,(H,25,27,28). The number of likely N-dealkylation sites (tertiary alicyclic amines) is 1. The molecule has 0 aromatic carbocycles. The molecule has 1 aliphatic heterocycles. The van der Waals surface area contributed by atoms with E-state index in [9.17, 15) is 0 Å². The Morgan fingerprint density at radius 2 is 2.03 bits per heavy atom. The maximum atomic E-state index is 9.04. The van der Waals surface area contributed by atoms with Gasteiger partial charge in [0.1, 0.15) is 5.82 Å². The molecule has 0 radical (unpaired) electrons. The lowest BCUT2D eigenvalue weighted by Gasteiger charge is -2.30. The second kappa shape index (κ2) is 9.16. The zero-order valence-electron chi connectivity index (χ0n) is 17.6. The Kier molecular flexibility index (Phi) is 5.96. The molecule has 3 aromatic heterocycles. The summed E-state index contributed by atoms with van der Waals surface area (Å²) in [6.07, 6.45) is 13.4. The Balaban J connectivity index is 1.13. The van der Waals surface area contributed by atoms with Gasteiger partial charge in [0.15, 0.2) is 5.13 Å². The van der Waals surface area contributed by atoms with Crippen LogP contribution in [0.3, 0.4) is 0 Å². The van der Waals surface area contributed by atoms with Crippen molar-refractivity contribution in [2.45, 2.75) is 57.0 Å². The van der Waals surface area contributed by atoms with Crippen molar-refractivity contribution in [2.75, 3.05) is 18.4 Å². The van der Waals surface area contributed by atoms with Gasteiger partial charge in [0.05, 0.1) is 29.6 Å². The lowest BCUT2D eigenvalue weighted by Crippen LogP contribution is -2.32. The van der Waals surface area contributed by atoms with Crippen LogP contribution in [0.5, 0.6) is 0 Å². The summed E-state index contributed by atoms with van der Waals surface area (Å²) in [5.41, 5.74) is 3.09. The van der Waals surface area contributed by atoms with Crippen LogP contribution < -0.4 is 5.32 Å². The third-order valence-corrected chi connectivity index (χ3v) is 7.19. The molecule has 1 aliphatic carbocycles. The summed E-state index contributed by atoms with van der Waals surface area (Å²) in [6.45, 7) is 3.17. The molecule has 160 valence electrons. The highest BCUT2D eigenvalue weighted by Gasteiger charge is 2.24. The topological polar surface area (TPSA) is 82.7 Å². The molecule has 31 heavy (non-hydrogen) atoms. The number of nitrogens with zero attached hydrogens (tertiary/aromatic N) is 6. The van der Waals surface area contributed by atoms with Crippen LogP contribution in [0, 0.1) is 11.3 Å². The van der Waals surface area contributed by atoms with Crippen molar-refractivity contribution in [3.8, 4) is 6.07 Å². The number of piperidine rings is 1. The predicted octanol–water partition coefficient (Wildman–Crippen LogP) is 4.84. The number of aromatic nitrogens is 4. The molecule has 0 bridgehead atoms. The lowest BCUT2D eigenvalue weighted by molar-refractivity contribution is 0.203. The van der Waals surface area contributed by atoms with E-state index < -0.39 is 0 Å². The molecule has 2 aliphatic rings. The van der Waals surface area contributed by atoms with Gasteiger partial charge in [-0.05, 0) is 50.9 Å². The van der Waals surface area contributed by atoms with Crippen LogP contribution in [0.4, 0.5) is 10.9 Å². The van der Waals surface area contributed by atoms with E-state index in [1.165, 1.54) is 31.2 Å². The first-order chi connectivity index (χ1) is 15.3. The van der Waals surface area contributed by atoms with E-state index in [0.717, 1.165) is 43.3 Å². The molecular formula is C23H27N7S. The van der Waals surface area contributed by atoms with Crippen molar-refractivity contribution < 1.29 is 0 Å². The SMILES string of the molecule is N#Cc1ccnc(Nc2nc(C3CCN(Cc4cnn(C5CCCC5)c4)CC3)cs2)c1.